The van der Waals surface area contributed by atoms with E-state index in [0.29, 0.717) is 13.2 Å². The predicted molar refractivity (Wildman–Crippen MR) is 111 cm³/mol. The number of nitrogens with zero attached hydrogens (tertiary/aromatic N) is 2. The summed E-state index contributed by atoms with van der Waals surface area (Å²) in [6.45, 7) is 12.0. The quantitative estimate of drug-likeness (QED) is 0.659. The molecule has 0 aliphatic carbocycles. The fourth-order valence-corrected chi connectivity index (χ4v) is 3.69. The Hall–Kier alpha value is -2.08. The smallest absolute Gasteiger partial charge is 0.237 e. The van der Waals surface area contributed by atoms with Crippen LogP contribution >= 0.6 is 0 Å². The lowest BCUT2D eigenvalue weighted by Gasteiger charge is -2.36. The molecule has 1 saturated heterocycles. The minimum absolute atomic E-state index is 0.0151. The van der Waals surface area contributed by atoms with Crippen LogP contribution in [0.2, 0.25) is 0 Å². The molecule has 156 valence electrons. The van der Waals surface area contributed by atoms with E-state index in [2.05, 4.69) is 10.2 Å². The van der Waals surface area contributed by atoms with E-state index >= 15 is 0 Å². The summed E-state index contributed by atoms with van der Waals surface area (Å²) in [6.07, 6.45) is 1.65. The number of amides is 2. The third kappa shape index (κ3) is 6.23. The summed E-state index contributed by atoms with van der Waals surface area (Å²) in [4.78, 5) is 29.0. The van der Waals surface area contributed by atoms with Gasteiger partial charge >= 0.3 is 0 Å². The second-order valence-electron chi connectivity index (χ2n) is 7.45. The first-order valence-electron chi connectivity index (χ1n) is 10.5. The van der Waals surface area contributed by atoms with Crippen LogP contribution in [-0.2, 0) is 9.59 Å². The lowest BCUT2D eigenvalue weighted by Crippen LogP contribution is -2.50. The first-order chi connectivity index (χ1) is 13.5. The maximum atomic E-state index is 12.5. The Bertz CT molecular complexity index is 638. The van der Waals surface area contributed by atoms with E-state index < -0.39 is 0 Å². The number of ether oxygens (including phenoxy) is 1. The van der Waals surface area contributed by atoms with Gasteiger partial charge in [-0.3, -0.25) is 14.5 Å². The van der Waals surface area contributed by atoms with Crippen molar-refractivity contribution >= 4 is 11.8 Å². The molecule has 0 bridgehead atoms. The highest BCUT2D eigenvalue weighted by molar-refractivity contribution is 5.81. The summed E-state index contributed by atoms with van der Waals surface area (Å²) >= 11 is 0. The van der Waals surface area contributed by atoms with E-state index in [0.717, 1.165) is 50.3 Å². The number of hydrogen-bond acceptors (Lipinski definition) is 4. The lowest BCUT2D eigenvalue weighted by molar-refractivity contribution is -0.137. The fourth-order valence-electron chi connectivity index (χ4n) is 3.69. The maximum Gasteiger partial charge on any atom is 0.237 e. The van der Waals surface area contributed by atoms with E-state index in [-0.39, 0.29) is 23.8 Å². The van der Waals surface area contributed by atoms with Crippen LogP contribution in [0.25, 0.3) is 0 Å². The number of rotatable bonds is 9. The molecule has 0 aromatic heterocycles. The van der Waals surface area contributed by atoms with Crippen molar-refractivity contribution in [3.05, 3.63) is 29.8 Å². The first kappa shape index (κ1) is 22.2. The molecule has 1 aromatic carbocycles. The zero-order valence-corrected chi connectivity index (χ0v) is 17.7. The topological polar surface area (TPSA) is 61.9 Å². The van der Waals surface area contributed by atoms with Crippen LogP contribution < -0.4 is 10.1 Å². The number of benzene rings is 1. The number of carbonyl (C=O) groups excluding carboxylic acids is 2. The van der Waals surface area contributed by atoms with Crippen LogP contribution in [0.5, 0.6) is 5.75 Å². The molecule has 0 saturated carbocycles. The van der Waals surface area contributed by atoms with Crippen molar-refractivity contribution in [1.29, 1.82) is 0 Å². The Morgan fingerprint density at radius 1 is 1.25 bits per heavy atom. The summed E-state index contributed by atoms with van der Waals surface area (Å²) in [7, 11) is 0. The number of piperidine rings is 1. The zero-order valence-electron chi connectivity index (χ0n) is 17.7. The Labute approximate surface area is 169 Å². The van der Waals surface area contributed by atoms with Gasteiger partial charge in [0.2, 0.25) is 11.8 Å². The molecule has 1 atom stereocenters. The first-order valence-corrected chi connectivity index (χ1v) is 10.5. The second-order valence-corrected chi connectivity index (χ2v) is 7.45. The van der Waals surface area contributed by atoms with Crippen LogP contribution in [0.15, 0.2) is 24.3 Å². The molecule has 1 heterocycles. The predicted octanol–water partition coefficient (Wildman–Crippen LogP) is 2.46. The molecular weight excluding hydrogens is 354 g/mol. The van der Waals surface area contributed by atoms with E-state index in [9.17, 15) is 9.59 Å². The van der Waals surface area contributed by atoms with Gasteiger partial charge in [-0.15, -0.1) is 0 Å². The highest BCUT2D eigenvalue weighted by atomic mass is 16.5. The molecule has 6 nitrogen and oxygen atoms in total. The third-order valence-electron chi connectivity index (χ3n) is 5.54. The average molecular weight is 390 g/mol. The normalized spacial score (nSPS) is 16.4. The van der Waals surface area contributed by atoms with Crippen molar-refractivity contribution in [1.82, 2.24) is 15.1 Å². The van der Waals surface area contributed by atoms with Gasteiger partial charge in [0.1, 0.15) is 12.4 Å². The maximum absolute atomic E-state index is 12.5. The van der Waals surface area contributed by atoms with Crippen molar-refractivity contribution in [3.8, 4) is 5.75 Å². The molecule has 2 rings (SSSR count). The SMILES string of the molecule is CCN(CC)C(=O)C1CCN(C(C)C(=O)NCCOc2cccc(C)c2)CC1. The Morgan fingerprint density at radius 3 is 2.54 bits per heavy atom. The second kappa shape index (κ2) is 11.1. The van der Waals surface area contributed by atoms with E-state index in [1.807, 2.05) is 56.9 Å². The van der Waals surface area contributed by atoms with Gasteiger partial charge in [0.25, 0.3) is 0 Å². The summed E-state index contributed by atoms with van der Waals surface area (Å²) in [5.74, 6) is 1.19. The summed E-state index contributed by atoms with van der Waals surface area (Å²) in [6, 6.07) is 7.69. The molecule has 1 unspecified atom stereocenters. The van der Waals surface area contributed by atoms with Crippen molar-refractivity contribution in [2.24, 2.45) is 5.92 Å². The Balaban J connectivity index is 1.70. The summed E-state index contributed by atoms with van der Waals surface area (Å²) in [5, 5.41) is 2.95. The minimum atomic E-state index is -0.191. The molecule has 2 amide bonds. The molecule has 0 radical (unpaired) electrons. The molecule has 1 aliphatic heterocycles. The van der Waals surface area contributed by atoms with Gasteiger partial charge in [0, 0.05) is 19.0 Å². The van der Waals surface area contributed by atoms with Crippen molar-refractivity contribution in [3.63, 3.8) is 0 Å². The van der Waals surface area contributed by atoms with Gasteiger partial charge in [0.05, 0.1) is 12.6 Å². The van der Waals surface area contributed by atoms with E-state index in [1.54, 1.807) is 0 Å². The Morgan fingerprint density at radius 2 is 1.93 bits per heavy atom. The molecule has 1 N–H and O–H groups in total. The largest absolute Gasteiger partial charge is 0.492 e. The van der Waals surface area contributed by atoms with E-state index in [1.165, 1.54) is 0 Å². The van der Waals surface area contributed by atoms with Gasteiger partial charge < -0.3 is 15.0 Å². The number of nitrogens with one attached hydrogen (secondary N) is 1. The number of hydrogen-bond donors (Lipinski definition) is 1. The van der Waals surface area contributed by atoms with Crippen LogP contribution in [0.4, 0.5) is 0 Å². The zero-order chi connectivity index (χ0) is 20.5. The third-order valence-corrected chi connectivity index (χ3v) is 5.54. The Kier molecular flexibility index (Phi) is 8.77. The molecule has 6 heteroatoms. The number of carbonyl (C=O) groups is 2. The van der Waals surface area contributed by atoms with Crippen molar-refractivity contribution in [2.45, 2.75) is 46.6 Å². The van der Waals surface area contributed by atoms with E-state index in [4.69, 9.17) is 4.74 Å². The average Bonchev–Trinajstić information content (AvgIpc) is 2.71. The molecular formula is C22H35N3O3. The molecule has 1 aromatic rings. The van der Waals surface area contributed by atoms with Gasteiger partial charge in [-0.2, -0.15) is 0 Å². The molecule has 1 aliphatic rings. The number of aryl methyl sites for hydroxylation is 1. The van der Waals surface area contributed by atoms with Crippen LogP contribution in [0.3, 0.4) is 0 Å². The summed E-state index contributed by atoms with van der Waals surface area (Å²) in [5.41, 5.74) is 1.15. The lowest BCUT2D eigenvalue weighted by atomic mass is 9.94. The minimum Gasteiger partial charge on any atom is -0.492 e. The molecule has 0 spiro atoms. The van der Waals surface area contributed by atoms with Crippen molar-refractivity contribution in [2.75, 3.05) is 39.3 Å². The number of likely N-dealkylation sites (tertiary alicyclic amines) is 1. The fraction of sp³-hybridized carbons (Fsp3) is 0.636. The highest BCUT2D eigenvalue weighted by Crippen LogP contribution is 2.21. The van der Waals surface area contributed by atoms with Gasteiger partial charge in [-0.1, -0.05) is 12.1 Å². The summed E-state index contributed by atoms with van der Waals surface area (Å²) < 4.78 is 5.68. The monoisotopic (exact) mass is 389 g/mol. The van der Waals surface area contributed by atoms with Crippen LogP contribution in [0, 0.1) is 12.8 Å². The van der Waals surface area contributed by atoms with Crippen LogP contribution in [-0.4, -0.2) is 67.0 Å². The van der Waals surface area contributed by atoms with Crippen molar-refractivity contribution < 1.29 is 14.3 Å². The van der Waals surface area contributed by atoms with Crippen LogP contribution in [0.1, 0.15) is 39.2 Å². The molecule has 1 fully saturated rings. The van der Waals surface area contributed by atoms with Gasteiger partial charge in [-0.25, -0.2) is 0 Å². The highest BCUT2D eigenvalue weighted by Gasteiger charge is 2.31. The molecule has 28 heavy (non-hydrogen) atoms. The van der Waals surface area contributed by atoms with Gasteiger partial charge in [-0.05, 0) is 71.3 Å². The van der Waals surface area contributed by atoms with Gasteiger partial charge in [0.15, 0.2) is 0 Å². The standard InChI is InChI=1S/C22H35N3O3/c1-5-24(6-2)22(27)19-10-13-25(14-11-19)18(4)21(26)23-12-15-28-20-9-7-8-17(3)16-20/h7-9,16,18-19H,5-6,10-15H2,1-4H3,(H,23,26).